The standard InChI is InChI=1S/C14H14ClNOS/c15-14-8-11-12(2-1-3-13(11)18-14)16-9-4-6-10(17)7-5-9/h4-8,12,16-17H,1-3H2. The smallest absolute Gasteiger partial charge is 0.115 e. The van der Waals surface area contributed by atoms with Crippen LogP contribution in [0.4, 0.5) is 5.69 Å². The Labute approximate surface area is 115 Å². The molecule has 2 aromatic rings. The van der Waals surface area contributed by atoms with E-state index in [0.717, 1.165) is 22.9 Å². The third kappa shape index (κ3) is 2.33. The number of anilines is 1. The van der Waals surface area contributed by atoms with Gasteiger partial charge >= 0.3 is 0 Å². The van der Waals surface area contributed by atoms with Crippen LogP contribution in [0.25, 0.3) is 0 Å². The fraction of sp³-hybridized carbons (Fsp3) is 0.286. The van der Waals surface area contributed by atoms with Crippen LogP contribution in [0.2, 0.25) is 4.34 Å². The molecule has 94 valence electrons. The Kier molecular flexibility index (Phi) is 3.18. The number of benzene rings is 1. The molecule has 1 heterocycles. The topological polar surface area (TPSA) is 32.3 Å². The Morgan fingerprint density at radius 1 is 1.28 bits per heavy atom. The van der Waals surface area contributed by atoms with E-state index in [0.29, 0.717) is 11.8 Å². The van der Waals surface area contributed by atoms with Gasteiger partial charge in [-0.25, -0.2) is 0 Å². The van der Waals surface area contributed by atoms with Crippen LogP contribution in [0.3, 0.4) is 0 Å². The molecule has 0 saturated carbocycles. The molecule has 0 aliphatic heterocycles. The van der Waals surface area contributed by atoms with Gasteiger partial charge in [0, 0.05) is 10.6 Å². The molecule has 1 aliphatic rings. The number of hydrogen-bond donors (Lipinski definition) is 2. The molecule has 18 heavy (non-hydrogen) atoms. The summed E-state index contributed by atoms with van der Waals surface area (Å²) in [6.07, 6.45) is 3.46. The van der Waals surface area contributed by atoms with E-state index >= 15 is 0 Å². The third-order valence-corrected chi connectivity index (χ3v) is 4.63. The van der Waals surface area contributed by atoms with E-state index in [1.165, 1.54) is 16.9 Å². The molecular weight excluding hydrogens is 266 g/mol. The van der Waals surface area contributed by atoms with E-state index in [2.05, 4.69) is 11.4 Å². The number of rotatable bonds is 2. The minimum atomic E-state index is 0.295. The van der Waals surface area contributed by atoms with Crippen molar-refractivity contribution in [3.8, 4) is 5.75 Å². The van der Waals surface area contributed by atoms with E-state index < -0.39 is 0 Å². The second-order valence-corrected chi connectivity index (χ2v) is 6.33. The molecule has 2 nitrogen and oxygen atoms in total. The lowest BCUT2D eigenvalue weighted by Crippen LogP contribution is -2.15. The molecule has 2 N–H and O–H groups in total. The lowest BCUT2D eigenvalue weighted by molar-refractivity contribution is 0.475. The third-order valence-electron chi connectivity index (χ3n) is 3.29. The van der Waals surface area contributed by atoms with Crippen molar-refractivity contribution in [2.24, 2.45) is 0 Å². The zero-order valence-electron chi connectivity index (χ0n) is 9.82. The van der Waals surface area contributed by atoms with Gasteiger partial charge in [-0.2, -0.15) is 0 Å². The summed E-state index contributed by atoms with van der Waals surface area (Å²) in [5.41, 5.74) is 2.37. The van der Waals surface area contributed by atoms with Crippen LogP contribution in [0, 0.1) is 0 Å². The summed E-state index contributed by atoms with van der Waals surface area (Å²) in [5.74, 6) is 0.295. The van der Waals surface area contributed by atoms with E-state index in [1.807, 2.05) is 12.1 Å². The summed E-state index contributed by atoms with van der Waals surface area (Å²) >= 11 is 7.79. The van der Waals surface area contributed by atoms with E-state index in [-0.39, 0.29) is 0 Å². The van der Waals surface area contributed by atoms with Crippen molar-refractivity contribution in [2.45, 2.75) is 25.3 Å². The monoisotopic (exact) mass is 279 g/mol. The molecule has 0 spiro atoms. The molecule has 1 aromatic carbocycles. The van der Waals surface area contributed by atoms with Gasteiger partial charge in [0.15, 0.2) is 0 Å². The molecule has 0 radical (unpaired) electrons. The quantitative estimate of drug-likeness (QED) is 0.788. The number of thiophene rings is 1. The first-order valence-corrected chi connectivity index (χ1v) is 7.25. The second-order valence-electron chi connectivity index (χ2n) is 4.57. The SMILES string of the molecule is Oc1ccc(NC2CCCc3sc(Cl)cc32)cc1. The maximum absolute atomic E-state index is 9.28. The van der Waals surface area contributed by atoms with Gasteiger partial charge in [0.05, 0.1) is 10.4 Å². The Morgan fingerprint density at radius 2 is 2.06 bits per heavy atom. The largest absolute Gasteiger partial charge is 0.508 e. The number of aryl methyl sites for hydroxylation is 1. The molecule has 0 amide bonds. The highest BCUT2D eigenvalue weighted by Crippen LogP contribution is 2.39. The van der Waals surface area contributed by atoms with Crippen molar-refractivity contribution >= 4 is 28.6 Å². The normalized spacial score (nSPS) is 18.4. The Balaban J connectivity index is 1.83. The molecule has 1 aromatic heterocycles. The van der Waals surface area contributed by atoms with Crippen molar-refractivity contribution in [1.29, 1.82) is 0 Å². The maximum atomic E-state index is 9.28. The molecule has 1 aliphatic carbocycles. The van der Waals surface area contributed by atoms with Gasteiger partial charge in [-0.3, -0.25) is 0 Å². The van der Waals surface area contributed by atoms with Gasteiger partial charge in [-0.05, 0) is 55.2 Å². The molecular formula is C14H14ClNOS. The summed E-state index contributed by atoms with van der Waals surface area (Å²) in [4.78, 5) is 1.41. The summed E-state index contributed by atoms with van der Waals surface area (Å²) in [7, 11) is 0. The van der Waals surface area contributed by atoms with E-state index in [1.54, 1.807) is 23.5 Å². The van der Waals surface area contributed by atoms with Gasteiger partial charge in [-0.1, -0.05) is 11.6 Å². The number of phenolic OH excluding ortho intramolecular Hbond substituents is 1. The van der Waals surface area contributed by atoms with Crippen LogP contribution in [-0.4, -0.2) is 5.11 Å². The van der Waals surface area contributed by atoms with Crippen LogP contribution >= 0.6 is 22.9 Å². The number of aromatic hydroxyl groups is 1. The first-order chi connectivity index (χ1) is 8.72. The first-order valence-electron chi connectivity index (χ1n) is 6.06. The highest BCUT2D eigenvalue weighted by Gasteiger charge is 2.22. The van der Waals surface area contributed by atoms with Crippen molar-refractivity contribution in [3.63, 3.8) is 0 Å². The highest BCUT2D eigenvalue weighted by molar-refractivity contribution is 7.16. The molecule has 1 atom stereocenters. The summed E-state index contributed by atoms with van der Waals surface area (Å²) in [6.45, 7) is 0. The van der Waals surface area contributed by atoms with Gasteiger partial charge in [0.2, 0.25) is 0 Å². The fourth-order valence-electron chi connectivity index (χ4n) is 2.43. The van der Waals surface area contributed by atoms with Gasteiger partial charge in [0.25, 0.3) is 0 Å². The molecule has 1 unspecified atom stereocenters. The van der Waals surface area contributed by atoms with Crippen molar-refractivity contribution in [3.05, 3.63) is 45.1 Å². The maximum Gasteiger partial charge on any atom is 0.115 e. The van der Waals surface area contributed by atoms with E-state index in [9.17, 15) is 5.11 Å². The van der Waals surface area contributed by atoms with Crippen LogP contribution in [0.5, 0.6) is 5.75 Å². The fourth-order valence-corrected chi connectivity index (χ4v) is 3.81. The van der Waals surface area contributed by atoms with Crippen molar-refractivity contribution in [2.75, 3.05) is 5.32 Å². The lowest BCUT2D eigenvalue weighted by Gasteiger charge is -2.24. The second kappa shape index (κ2) is 4.82. The van der Waals surface area contributed by atoms with Gasteiger partial charge in [0.1, 0.15) is 5.75 Å². The average molecular weight is 280 g/mol. The highest BCUT2D eigenvalue weighted by atomic mass is 35.5. The molecule has 0 bridgehead atoms. The minimum absolute atomic E-state index is 0.295. The summed E-state index contributed by atoms with van der Waals surface area (Å²) in [6, 6.07) is 9.62. The van der Waals surface area contributed by atoms with Crippen LogP contribution in [0.1, 0.15) is 29.3 Å². The minimum Gasteiger partial charge on any atom is -0.508 e. The Morgan fingerprint density at radius 3 is 2.83 bits per heavy atom. The Hall–Kier alpha value is -1.19. The molecule has 3 rings (SSSR count). The first kappa shape index (κ1) is 11.9. The van der Waals surface area contributed by atoms with Crippen LogP contribution < -0.4 is 5.32 Å². The Bertz CT molecular complexity index is 549. The molecule has 4 heteroatoms. The van der Waals surface area contributed by atoms with Crippen LogP contribution in [0.15, 0.2) is 30.3 Å². The summed E-state index contributed by atoms with van der Waals surface area (Å²) in [5, 5.41) is 12.8. The predicted octanol–water partition coefficient (Wildman–Crippen LogP) is 4.60. The predicted molar refractivity (Wildman–Crippen MR) is 76.7 cm³/mol. The number of phenols is 1. The van der Waals surface area contributed by atoms with Crippen molar-refractivity contribution < 1.29 is 5.11 Å². The number of nitrogens with one attached hydrogen (secondary N) is 1. The molecule has 0 saturated heterocycles. The van der Waals surface area contributed by atoms with Crippen molar-refractivity contribution in [1.82, 2.24) is 0 Å². The number of hydrogen-bond acceptors (Lipinski definition) is 3. The number of fused-ring (bicyclic) bond motifs is 1. The van der Waals surface area contributed by atoms with Gasteiger partial charge in [-0.15, -0.1) is 11.3 Å². The lowest BCUT2D eigenvalue weighted by atomic mass is 9.94. The summed E-state index contributed by atoms with van der Waals surface area (Å²) < 4.78 is 0.874. The van der Waals surface area contributed by atoms with Gasteiger partial charge < -0.3 is 10.4 Å². The zero-order chi connectivity index (χ0) is 12.5. The average Bonchev–Trinajstić information content (AvgIpc) is 2.73. The molecule has 0 fully saturated rings. The zero-order valence-corrected chi connectivity index (χ0v) is 11.4. The van der Waals surface area contributed by atoms with Crippen LogP contribution in [-0.2, 0) is 6.42 Å². The number of halogens is 1. The van der Waals surface area contributed by atoms with E-state index in [4.69, 9.17) is 11.6 Å².